The minimum Gasteiger partial charge on any atom is -0.334 e. The van der Waals surface area contributed by atoms with Crippen LogP contribution in [-0.4, -0.2) is 52.4 Å². The van der Waals surface area contributed by atoms with Crippen molar-refractivity contribution in [3.8, 4) is 0 Å². The van der Waals surface area contributed by atoms with Crippen molar-refractivity contribution >= 4 is 5.91 Å². The number of amides is 1. The number of aryl methyl sites for hydroxylation is 3. The van der Waals surface area contributed by atoms with Gasteiger partial charge in [0, 0.05) is 37.9 Å². The molecular weight excluding hydrogens is 336 g/mol. The molecule has 0 aliphatic heterocycles. The van der Waals surface area contributed by atoms with Gasteiger partial charge >= 0.3 is 0 Å². The number of aromatic nitrogens is 2. The molecule has 2 aromatic rings. The lowest BCUT2D eigenvalue weighted by atomic mass is 10.00. The molecule has 0 bridgehead atoms. The van der Waals surface area contributed by atoms with Gasteiger partial charge in [0.15, 0.2) is 0 Å². The van der Waals surface area contributed by atoms with Crippen molar-refractivity contribution in [1.82, 2.24) is 19.4 Å². The van der Waals surface area contributed by atoms with Gasteiger partial charge in [-0.3, -0.25) is 4.79 Å². The smallest absolute Gasteiger partial charge is 0.225 e. The van der Waals surface area contributed by atoms with Crippen molar-refractivity contribution in [1.29, 1.82) is 0 Å². The number of hydrogen-bond donors (Lipinski definition) is 0. The van der Waals surface area contributed by atoms with E-state index in [4.69, 9.17) is 0 Å². The molecule has 0 saturated carbocycles. The monoisotopic (exact) mass is 370 g/mol. The second-order valence-corrected chi connectivity index (χ2v) is 8.07. The van der Waals surface area contributed by atoms with Crippen LogP contribution < -0.4 is 0 Å². The summed E-state index contributed by atoms with van der Waals surface area (Å²) in [6, 6.07) is 4.45. The Morgan fingerprint density at radius 3 is 2.30 bits per heavy atom. The van der Waals surface area contributed by atoms with Gasteiger partial charge in [-0.1, -0.05) is 31.5 Å². The number of benzene rings is 1. The standard InChI is InChI=1S/C22H34N4O/c1-16(2)22(27)26(11-10-24(6)7)15-21-23-8-9-25(21)14-20-18(4)12-17(3)13-19(20)5/h8-9,12-13,16H,10-11,14-15H2,1-7H3. The molecule has 1 amide bonds. The second-order valence-electron chi connectivity index (χ2n) is 8.07. The van der Waals surface area contributed by atoms with Crippen LogP contribution in [0.1, 0.15) is 41.9 Å². The normalized spacial score (nSPS) is 11.4. The molecule has 0 aliphatic carbocycles. The molecule has 1 aromatic carbocycles. The van der Waals surface area contributed by atoms with Gasteiger partial charge in [-0.05, 0) is 51.6 Å². The summed E-state index contributed by atoms with van der Waals surface area (Å²) in [6.07, 6.45) is 3.84. The Morgan fingerprint density at radius 2 is 1.74 bits per heavy atom. The number of carbonyl (C=O) groups excluding carboxylic acids is 1. The van der Waals surface area contributed by atoms with Crippen LogP contribution in [0.3, 0.4) is 0 Å². The summed E-state index contributed by atoms with van der Waals surface area (Å²) in [7, 11) is 4.06. The average Bonchev–Trinajstić information content (AvgIpc) is 3.00. The van der Waals surface area contributed by atoms with Gasteiger partial charge in [-0.25, -0.2) is 4.98 Å². The van der Waals surface area contributed by atoms with Crippen LogP contribution in [0.25, 0.3) is 0 Å². The lowest BCUT2D eigenvalue weighted by Crippen LogP contribution is -2.39. The van der Waals surface area contributed by atoms with E-state index in [1.165, 1.54) is 22.3 Å². The fourth-order valence-electron chi connectivity index (χ4n) is 3.39. The van der Waals surface area contributed by atoms with Crippen LogP contribution >= 0.6 is 0 Å². The summed E-state index contributed by atoms with van der Waals surface area (Å²) in [5.74, 6) is 1.09. The predicted octanol–water partition coefficient (Wildman–Crippen LogP) is 3.40. The van der Waals surface area contributed by atoms with E-state index in [0.717, 1.165) is 18.9 Å². The number of imidazole rings is 1. The zero-order chi connectivity index (χ0) is 20.1. The molecule has 2 rings (SSSR count). The van der Waals surface area contributed by atoms with Crippen molar-refractivity contribution in [2.45, 2.75) is 47.7 Å². The van der Waals surface area contributed by atoms with Crippen LogP contribution in [0.5, 0.6) is 0 Å². The Labute approximate surface area is 164 Å². The minimum absolute atomic E-state index is 0.0165. The number of rotatable bonds is 8. The molecule has 0 saturated heterocycles. The molecule has 0 spiro atoms. The van der Waals surface area contributed by atoms with Gasteiger partial charge in [0.25, 0.3) is 0 Å². The molecule has 27 heavy (non-hydrogen) atoms. The minimum atomic E-state index is -0.0165. The van der Waals surface area contributed by atoms with Gasteiger partial charge in [0.1, 0.15) is 5.82 Å². The van der Waals surface area contributed by atoms with E-state index in [2.05, 4.69) is 47.4 Å². The first-order valence-electron chi connectivity index (χ1n) is 9.69. The van der Waals surface area contributed by atoms with Crippen LogP contribution in [0.15, 0.2) is 24.5 Å². The molecule has 5 nitrogen and oxygen atoms in total. The third kappa shape index (κ3) is 5.67. The highest BCUT2D eigenvalue weighted by atomic mass is 16.2. The Bertz CT molecular complexity index is 753. The van der Waals surface area contributed by atoms with Crippen molar-refractivity contribution in [3.05, 3.63) is 52.6 Å². The molecule has 0 radical (unpaired) electrons. The van der Waals surface area contributed by atoms with Gasteiger partial charge < -0.3 is 14.4 Å². The highest BCUT2D eigenvalue weighted by molar-refractivity contribution is 5.78. The number of likely N-dealkylation sites (N-methyl/N-ethyl adjacent to an activating group) is 1. The molecule has 5 heteroatoms. The first-order chi connectivity index (χ1) is 12.7. The summed E-state index contributed by atoms with van der Waals surface area (Å²) in [4.78, 5) is 21.3. The lowest BCUT2D eigenvalue weighted by molar-refractivity contribution is -0.135. The Kier molecular flexibility index (Phi) is 7.19. The molecule has 1 aromatic heterocycles. The van der Waals surface area contributed by atoms with Gasteiger partial charge in [-0.15, -0.1) is 0 Å². The van der Waals surface area contributed by atoms with Gasteiger partial charge in [0.05, 0.1) is 6.54 Å². The first kappa shape index (κ1) is 21.2. The number of carbonyl (C=O) groups is 1. The molecule has 1 heterocycles. The lowest BCUT2D eigenvalue weighted by Gasteiger charge is -2.26. The third-order valence-electron chi connectivity index (χ3n) is 4.93. The van der Waals surface area contributed by atoms with E-state index in [-0.39, 0.29) is 11.8 Å². The Hall–Kier alpha value is -2.14. The average molecular weight is 371 g/mol. The summed E-state index contributed by atoms with van der Waals surface area (Å²) >= 11 is 0. The van der Waals surface area contributed by atoms with Crippen LogP contribution in [0, 0.1) is 26.7 Å². The van der Waals surface area contributed by atoms with Gasteiger partial charge in [0.2, 0.25) is 5.91 Å². The molecule has 148 valence electrons. The third-order valence-corrected chi connectivity index (χ3v) is 4.93. The quantitative estimate of drug-likeness (QED) is 0.715. The van der Waals surface area contributed by atoms with Gasteiger partial charge in [-0.2, -0.15) is 0 Å². The van der Waals surface area contributed by atoms with E-state index in [1.54, 1.807) is 0 Å². The van der Waals surface area contributed by atoms with Crippen LogP contribution in [0.4, 0.5) is 0 Å². The molecule has 0 N–H and O–H groups in total. The van der Waals surface area contributed by atoms with Crippen molar-refractivity contribution in [3.63, 3.8) is 0 Å². The topological polar surface area (TPSA) is 41.4 Å². The molecule has 0 atom stereocenters. The molecular formula is C22H34N4O. The summed E-state index contributed by atoms with van der Waals surface area (Å²) < 4.78 is 2.17. The molecule has 0 fully saturated rings. The van der Waals surface area contributed by atoms with Crippen LogP contribution in [0.2, 0.25) is 0 Å². The van der Waals surface area contributed by atoms with Crippen molar-refractivity contribution in [2.75, 3.05) is 27.2 Å². The fourth-order valence-corrected chi connectivity index (χ4v) is 3.39. The number of hydrogen-bond acceptors (Lipinski definition) is 3. The zero-order valence-corrected chi connectivity index (χ0v) is 17.9. The largest absolute Gasteiger partial charge is 0.334 e. The molecule has 0 aliphatic rings. The maximum absolute atomic E-state index is 12.7. The van der Waals surface area contributed by atoms with E-state index in [1.807, 2.05) is 45.2 Å². The van der Waals surface area contributed by atoms with Crippen molar-refractivity contribution < 1.29 is 4.79 Å². The summed E-state index contributed by atoms with van der Waals surface area (Å²) in [5.41, 5.74) is 5.22. The van der Waals surface area contributed by atoms with E-state index in [0.29, 0.717) is 13.1 Å². The number of nitrogens with zero attached hydrogens (tertiary/aromatic N) is 4. The summed E-state index contributed by atoms with van der Waals surface area (Å²) in [6.45, 7) is 13.2. The first-order valence-corrected chi connectivity index (χ1v) is 9.69. The Morgan fingerprint density at radius 1 is 1.11 bits per heavy atom. The maximum Gasteiger partial charge on any atom is 0.225 e. The van der Waals surface area contributed by atoms with Crippen LogP contribution in [-0.2, 0) is 17.9 Å². The fraction of sp³-hybridized carbons (Fsp3) is 0.545. The SMILES string of the molecule is Cc1cc(C)c(Cn2ccnc2CN(CCN(C)C)C(=O)C(C)C)c(C)c1. The van der Waals surface area contributed by atoms with E-state index in [9.17, 15) is 4.79 Å². The highest BCUT2D eigenvalue weighted by Crippen LogP contribution is 2.19. The molecule has 0 unspecified atom stereocenters. The van der Waals surface area contributed by atoms with E-state index >= 15 is 0 Å². The highest BCUT2D eigenvalue weighted by Gasteiger charge is 2.19. The van der Waals surface area contributed by atoms with Crippen molar-refractivity contribution in [2.24, 2.45) is 5.92 Å². The predicted molar refractivity (Wildman–Crippen MR) is 111 cm³/mol. The summed E-state index contributed by atoms with van der Waals surface area (Å²) in [5, 5.41) is 0. The van der Waals surface area contributed by atoms with E-state index < -0.39 is 0 Å². The maximum atomic E-state index is 12.7. The Balaban J connectivity index is 2.22. The zero-order valence-electron chi connectivity index (χ0n) is 17.9. The second kappa shape index (κ2) is 9.18.